The largest absolute Gasteiger partial charge is 0.473 e. The first-order valence-electron chi connectivity index (χ1n) is 10.8. The fraction of sp³-hybridized carbons (Fsp3) is 0.308. The number of rotatable bonds is 4. The summed E-state index contributed by atoms with van der Waals surface area (Å²) in [6.45, 7) is 7.29. The molecule has 0 radical (unpaired) electrons. The molecule has 0 aromatic heterocycles. The molecular formula is C26H28N2O2. The van der Waals surface area contributed by atoms with E-state index in [1.165, 1.54) is 33.6 Å². The van der Waals surface area contributed by atoms with Crippen LogP contribution in [0.5, 0.6) is 11.5 Å². The summed E-state index contributed by atoms with van der Waals surface area (Å²) < 4.78 is 12.0. The highest BCUT2D eigenvalue weighted by atomic mass is 16.5. The second-order valence-electron chi connectivity index (χ2n) is 8.05. The summed E-state index contributed by atoms with van der Waals surface area (Å²) in [5.74, 6) is 2.02. The van der Waals surface area contributed by atoms with E-state index in [0.717, 1.165) is 37.4 Å². The number of anilines is 2. The lowest BCUT2D eigenvalue weighted by atomic mass is 10.1. The zero-order valence-corrected chi connectivity index (χ0v) is 17.7. The Morgan fingerprint density at radius 1 is 0.633 bits per heavy atom. The molecule has 154 valence electrons. The molecule has 0 saturated carbocycles. The first-order chi connectivity index (χ1) is 14.7. The van der Waals surface area contributed by atoms with E-state index in [-0.39, 0.29) is 0 Å². The third-order valence-corrected chi connectivity index (χ3v) is 6.12. The summed E-state index contributed by atoms with van der Waals surface area (Å²) in [6, 6.07) is 21.8. The SMILES string of the molecule is CCc1ccc2c(c1)CN(c1ccc(N3COc4ccc(CC)cc4C3)cc1)CO2. The summed E-state index contributed by atoms with van der Waals surface area (Å²) >= 11 is 0. The van der Waals surface area contributed by atoms with Crippen LogP contribution < -0.4 is 19.3 Å². The van der Waals surface area contributed by atoms with E-state index in [0.29, 0.717) is 13.5 Å². The Morgan fingerprint density at radius 2 is 1.07 bits per heavy atom. The van der Waals surface area contributed by atoms with Gasteiger partial charge in [0, 0.05) is 35.6 Å². The average molecular weight is 401 g/mol. The Balaban J connectivity index is 1.31. The van der Waals surface area contributed by atoms with Gasteiger partial charge in [0.1, 0.15) is 11.5 Å². The molecule has 0 atom stereocenters. The maximum absolute atomic E-state index is 5.99. The van der Waals surface area contributed by atoms with Gasteiger partial charge >= 0.3 is 0 Å². The van der Waals surface area contributed by atoms with Crippen LogP contribution in [-0.4, -0.2) is 13.5 Å². The molecule has 0 fully saturated rings. The quantitative estimate of drug-likeness (QED) is 0.575. The minimum atomic E-state index is 0.581. The van der Waals surface area contributed by atoms with Crippen LogP contribution in [0.3, 0.4) is 0 Å². The third kappa shape index (κ3) is 3.58. The summed E-state index contributed by atoms with van der Waals surface area (Å²) in [4.78, 5) is 4.56. The van der Waals surface area contributed by atoms with Crippen molar-refractivity contribution >= 4 is 11.4 Å². The minimum Gasteiger partial charge on any atom is -0.473 e. The molecule has 4 nitrogen and oxygen atoms in total. The third-order valence-electron chi connectivity index (χ3n) is 6.12. The number of nitrogens with zero attached hydrogens (tertiary/aromatic N) is 2. The van der Waals surface area contributed by atoms with Crippen molar-refractivity contribution in [3.63, 3.8) is 0 Å². The molecule has 3 aromatic carbocycles. The standard InChI is InChI=1S/C26H28N2O2/c1-3-19-5-11-25-21(13-19)15-27(17-29-25)23-7-9-24(10-8-23)28-16-22-14-20(4-2)6-12-26(22)30-18-28/h5-14H,3-4,15-18H2,1-2H3. The van der Waals surface area contributed by atoms with Crippen molar-refractivity contribution in [2.24, 2.45) is 0 Å². The molecule has 5 rings (SSSR count). The van der Waals surface area contributed by atoms with Gasteiger partial charge in [-0.15, -0.1) is 0 Å². The molecule has 3 aromatic rings. The normalized spacial score (nSPS) is 15.1. The van der Waals surface area contributed by atoms with Crippen LogP contribution in [0.4, 0.5) is 11.4 Å². The number of ether oxygens (including phenoxy) is 2. The van der Waals surface area contributed by atoms with E-state index in [9.17, 15) is 0 Å². The van der Waals surface area contributed by atoms with Crippen LogP contribution in [0.1, 0.15) is 36.1 Å². The van der Waals surface area contributed by atoms with Crippen molar-refractivity contribution < 1.29 is 9.47 Å². The second-order valence-corrected chi connectivity index (χ2v) is 8.05. The van der Waals surface area contributed by atoms with Crippen LogP contribution in [0, 0.1) is 0 Å². The predicted molar refractivity (Wildman–Crippen MR) is 121 cm³/mol. The molecule has 0 spiro atoms. The first-order valence-corrected chi connectivity index (χ1v) is 10.8. The smallest absolute Gasteiger partial charge is 0.161 e. The van der Waals surface area contributed by atoms with E-state index in [1.54, 1.807) is 0 Å². The van der Waals surface area contributed by atoms with Crippen LogP contribution in [0.25, 0.3) is 0 Å². The Labute approximate surface area is 178 Å². The minimum absolute atomic E-state index is 0.581. The van der Waals surface area contributed by atoms with Gasteiger partial charge < -0.3 is 19.3 Å². The van der Waals surface area contributed by atoms with Gasteiger partial charge in [0.15, 0.2) is 13.5 Å². The van der Waals surface area contributed by atoms with Gasteiger partial charge in [-0.25, -0.2) is 0 Å². The zero-order valence-electron chi connectivity index (χ0n) is 17.7. The molecule has 0 bridgehead atoms. The molecule has 4 heteroatoms. The molecule has 0 N–H and O–H groups in total. The number of hydrogen-bond donors (Lipinski definition) is 0. The number of aryl methyl sites for hydroxylation is 2. The monoisotopic (exact) mass is 400 g/mol. The first kappa shape index (κ1) is 18.9. The van der Waals surface area contributed by atoms with Gasteiger partial charge in [-0.2, -0.15) is 0 Å². The van der Waals surface area contributed by atoms with Crippen molar-refractivity contribution in [2.45, 2.75) is 39.8 Å². The number of fused-ring (bicyclic) bond motifs is 2. The predicted octanol–water partition coefficient (Wildman–Crippen LogP) is 5.52. The van der Waals surface area contributed by atoms with Crippen LogP contribution in [0.2, 0.25) is 0 Å². The Morgan fingerprint density at radius 3 is 1.47 bits per heavy atom. The lowest BCUT2D eigenvalue weighted by molar-refractivity contribution is 0.288. The molecule has 0 aliphatic carbocycles. The molecule has 30 heavy (non-hydrogen) atoms. The van der Waals surface area contributed by atoms with E-state index in [1.807, 2.05) is 0 Å². The zero-order chi connectivity index (χ0) is 20.5. The lowest BCUT2D eigenvalue weighted by Crippen LogP contribution is -2.33. The van der Waals surface area contributed by atoms with Crippen molar-refractivity contribution in [2.75, 3.05) is 23.3 Å². The van der Waals surface area contributed by atoms with Crippen LogP contribution >= 0.6 is 0 Å². The van der Waals surface area contributed by atoms with Crippen LogP contribution in [-0.2, 0) is 25.9 Å². The summed E-state index contributed by atoms with van der Waals surface area (Å²) in [5.41, 5.74) is 7.59. The molecular weight excluding hydrogens is 372 g/mol. The lowest BCUT2D eigenvalue weighted by Gasteiger charge is -2.33. The van der Waals surface area contributed by atoms with Crippen molar-refractivity contribution in [1.82, 2.24) is 0 Å². The maximum Gasteiger partial charge on any atom is 0.161 e. The Bertz CT molecular complexity index is 961. The highest BCUT2D eigenvalue weighted by Gasteiger charge is 2.20. The van der Waals surface area contributed by atoms with Gasteiger partial charge in [-0.1, -0.05) is 38.1 Å². The molecule has 2 heterocycles. The van der Waals surface area contributed by atoms with Crippen molar-refractivity contribution in [1.29, 1.82) is 0 Å². The van der Waals surface area contributed by atoms with E-state index in [4.69, 9.17) is 9.47 Å². The van der Waals surface area contributed by atoms with Gasteiger partial charge in [0.05, 0.1) is 0 Å². The van der Waals surface area contributed by atoms with E-state index in [2.05, 4.69) is 84.3 Å². The topological polar surface area (TPSA) is 24.9 Å². The summed E-state index contributed by atoms with van der Waals surface area (Å²) in [5, 5.41) is 0. The second kappa shape index (κ2) is 7.94. The maximum atomic E-state index is 5.99. The van der Waals surface area contributed by atoms with Gasteiger partial charge in [-0.05, 0) is 60.4 Å². The number of hydrogen-bond acceptors (Lipinski definition) is 4. The van der Waals surface area contributed by atoms with E-state index >= 15 is 0 Å². The average Bonchev–Trinajstić information content (AvgIpc) is 2.82. The van der Waals surface area contributed by atoms with Gasteiger partial charge in [0.2, 0.25) is 0 Å². The molecule has 2 aliphatic rings. The number of benzene rings is 3. The summed E-state index contributed by atoms with van der Waals surface area (Å²) in [7, 11) is 0. The van der Waals surface area contributed by atoms with E-state index < -0.39 is 0 Å². The van der Waals surface area contributed by atoms with Crippen molar-refractivity contribution in [3.05, 3.63) is 82.9 Å². The molecule has 0 unspecified atom stereocenters. The Kier molecular flexibility index (Phi) is 4.99. The van der Waals surface area contributed by atoms with Gasteiger partial charge in [-0.3, -0.25) is 0 Å². The molecule has 0 amide bonds. The fourth-order valence-electron chi connectivity index (χ4n) is 4.24. The van der Waals surface area contributed by atoms with Gasteiger partial charge in [0.25, 0.3) is 0 Å². The molecule has 2 aliphatic heterocycles. The highest BCUT2D eigenvalue weighted by Crippen LogP contribution is 2.32. The summed E-state index contributed by atoms with van der Waals surface area (Å²) in [6.07, 6.45) is 2.09. The van der Waals surface area contributed by atoms with Crippen molar-refractivity contribution in [3.8, 4) is 11.5 Å². The Hall–Kier alpha value is -3.14. The molecule has 0 saturated heterocycles. The fourth-order valence-corrected chi connectivity index (χ4v) is 4.24. The highest BCUT2D eigenvalue weighted by molar-refractivity contribution is 5.58. The van der Waals surface area contributed by atoms with Crippen LogP contribution in [0.15, 0.2) is 60.7 Å².